The predicted molar refractivity (Wildman–Crippen MR) is 115 cm³/mol. The Kier molecular flexibility index (Phi) is 4.56. The second kappa shape index (κ2) is 7.50. The van der Waals surface area contributed by atoms with E-state index in [-0.39, 0.29) is 0 Å². The summed E-state index contributed by atoms with van der Waals surface area (Å²) < 4.78 is 1.85. The molecule has 1 fully saturated rings. The van der Waals surface area contributed by atoms with Crippen LogP contribution in [0.25, 0.3) is 22.3 Å². The maximum Gasteiger partial charge on any atom is 0.162 e. The van der Waals surface area contributed by atoms with E-state index in [9.17, 15) is 0 Å². The highest BCUT2D eigenvalue weighted by atomic mass is 15.3. The minimum atomic E-state index is 0.313. The topological polar surface area (TPSA) is 71.8 Å². The molecule has 4 heterocycles. The Morgan fingerprint density at radius 3 is 2.76 bits per heavy atom. The number of benzene rings is 1. The molecular formula is C22H23N7. The van der Waals surface area contributed by atoms with Gasteiger partial charge >= 0.3 is 0 Å². The average molecular weight is 385 g/mol. The molecule has 7 heteroatoms. The van der Waals surface area contributed by atoms with E-state index in [1.54, 1.807) is 12.4 Å². The van der Waals surface area contributed by atoms with Gasteiger partial charge < -0.3 is 10.2 Å². The van der Waals surface area contributed by atoms with Gasteiger partial charge in [-0.25, -0.2) is 9.97 Å². The van der Waals surface area contributed by atoms with Crippen LogP contribution in [0.15, 0.2) is 61.2 Å². The summed E-state index contributed by atoms with van der Waals surface area (Å²) in [5.74, 6) is 1.61. The Bertz CT molecular complexity index is 1120. The summed E-state index contributed by atoms with van der Waals surface area (Å²) >= 11 is 0. The number of nitrogens with zero attached hydrogens (tertiary/aromatic N) is 6. The van der Waals surface area contributed by atoms with E-state index in [0.717, 1.165) is 48.2 Å². The van der Waals surface area contributed by atoms with E-state index in [1.807, 2.05) is 48.3 Å². The lowest BCUT2D eigenvalue weighted by molar-refractivity contribution is 0.529. The minimum absolute atomic E-state index is 0.313. The lowest BCUT2D eigenvalue weighted by atomic mass is 10.0. The Hall–Kier alpha value is -3.48. The number of aryl methyl sites for hydroxylation is 1. The Labute approximate surface area is 169 Å². The standard InChI is InChI=1S/C22H23N7/c1-28-15-18(13-24-28)29-12-4-5-17(14-29)25-22-19-6-2-3-7-20(19)26-21(27-22)16-8-10-23-11-9-16/h2-3,6-11,13,15,17H,4-5,12,14H2,1H3,(H,25,26,27). The lowest BCUT2D eigenvalue weighted by Gasteiger charge is -2.34. The van der Waals surface area contributed by atoms with Gasteiger partial charge in [-0.15, -0.1) is 0 Å². The molecular weight excluding hydrogens is 362 g/mol. The van der Waals surface area contributed by atoms with Crippen molar-refractivity contribution in [2.75, 3.05) is 23.3 Å². The number of hydrogen-bond donors (Lipinski definition) is 1. The van der Waals surface area contributed by atoms with Gasteiger partial charge in [-0.2, -0.15) is 5.10 Å². The number of para-hydroxylation sites is 1. The molecule has 29 heavy (non-hydrogen) atoms. The van der Waals surface area contributed by atoms with Crippen molar-refractivity contribution in [3.63, 3.8) is 0 Å². The third kappa shape index (κ3) is 3.63. The molecule has 1 aromatic carbocycles. The Morgan fingerprint density at radius 2 is 1.93 bits per heavy atom. The van der Waals surface area contributed by atoms with Crippen LogP contribution in [0.3, 0.4) is 0 Å². The summed E-state index contributed by atoms with van der Waals surface area (Å²) in [6, 6.07) is 12.4. The summed E-state index contributed by atoms with van der Waals surface area (Å²) in [7, 11) is 1.96. The van der Waals surface area contributed by atoms with Crippen molar-refractivity contribution in [1.29, 1.82) is 0 Å². The number of anilines is 2. The summed E-state index contributed by atoms with van der Waals surface area (Å²) in [6.45, 7) is 1.98. The predicted octanol–water partition coefficient (Wildman–Crippen LogP) is 3.51. The van der Waals surface area contributed by atoms with Gasteiger partial charge in [0.1, 0.15) is 5.82 Å². The van der Waals surface area contributed by atoms with Gasteiger partial charge in [0, 0.05) is 55.7 Å². The molecule has 0 spiro atoms. The molecule has 1 aliphatic rings. The molecule has 4 aromatic rings. The summed E-state index contributed by atoms with van der Waals surface area (Å²) in [5, 5.41) is 9.07. The molecule has 7 nitrogen and oxygen atoms in total. The summed E-state index contributed by atoms with van der Waals surface area (Å²) in [4.78, 5) is 16.1. The SMILES string of the molecule is Cn1cc(N2CCCC(Nc3nc(-c4ccncc4)nc4ccccc34)C2)cn1. The third-order valence-electron chi connectivity index (χ3n) is 5.36. The largest absolute Gasteiger partial charge is 0.367 e. The molecule has 0 aliphatic carbocycles. The molecule has 5 rings (SSSR count). The van der Waals surface area contributed by atoms with Gasteiger partial charge in [-0.3, -0.25) is 9.67 Å². The number of hydrogen-bond acceptors (Lipinski definition) is 6. The summed E-state index contributed by atoms with van der Waals surface area (Å²) in [5.41, 5.74) is 3.08. The van der Waals surface area contributed by atoms with Crippen molar-refractivity contribution < 1.29 is 0 Å². The van der Waals surface area contributed by atoms with Crippen molar-refractivity contribution in [2.24, 2.45) is 7.05 Å². The van der Waals surface area contributed by atoms with Gasteiger partial charge in [0.25, 0.3) is 0 Å². The molecule has 146 valence electrons. The zero-order valence-electron chi connectivity index (χ0n) is 16.4. The van der Waals surface area contributed by atoms with Crippen LogP contribution < -0.4 is 10.2 Å². The quantitative estimate of drug-likeness (QED) is 0.580. The lowest BCUT2D eigenvalue weighted by Crippen LogP contribution is -2.42. The normalized spacial score (nSPS) is 16.9. The first-order valence-electron chi connectivity index (χ1n) is 9.93. The second-order valence-electron chi connectivity index (χ2n) is 7.45. The van der Waals surface area contributed by atoms with Crippen LogP contribution in [0.1, 0.15) is 12.8 Å². The molecule has 1 atom stereocenters. The highest BCUT2D eigenvalue weighted by Gasteiger charge is 2.22. The molecule has 1 N–H and O–H groups in total. The zero-order chi connectivity index (χ0) is 19.6. The monoisotopic (exact) mass is 385 g/mol. The molecule has 0 saturated carbocycles. The van der Waals surface area contributed by atoms with E-state index in [1.165, 1.54) is 5.69 Å². The van der Waals surface area contributed by atoms with Crippen LogP contribution in [0, 0.1) is 0 Å². The number of piperidine rings is 1. The van der Waals surface area contributed by atoms with Crippen LogP contribution >= 0.6 is 0 Å². The fraction of sp³-hybridized carbons (Fsp3) is 0.273. The van der Waals surface area contributed by atoms with Crippen molar-refractivity contribution >= 4 is 22.4 Å². The molecule has 1 saturated heterocycles. The highest BCUT2D eigenvalue weighted by molar-refractivity contribution is 5.90. The third-order valence-corrected chi connectivity index (χ3v) is 5.36. The number of rotatable bonds is 4. The molecule has 1 unspecified atom stereocenters. The maximum absolute atomic E-state index is 4.88. The first-order valence-corrected chi connectivity index (χ1v) is 9.93. The summed E-state index contributed by atoms with van der Waals surface area (Å²) in [6.07, 6.45) is 9.79. The van der Waals surface area contributed by atoms with Gasteiger partial charge in [-0.05, 0) is 37.1 Å². The number of fused-ring (bicyclic) bond motifs is 1. The average Bonchev–Trinajstić information content (AvgIpc) is 3.21. The van der Waals surface area contributed by atoms with E-state index in [2.05, 4.69) is 32.6 Å². The fourth-order valence-electron chi connectivity index (χ4n) is 3.91. The smallest absolute Gasteiger partial charge is 0.162 e. The first kappa shape index (κ1) is 17.6. The van der Waals surface area contributed by atoms with E-state index < -0.39 is 0 Å². The van der Waals surface area contributed by atoms with Crippen LogP contribution in [-0.2, 0) is 7.05 Å². The van der Waals surface area contributed by atoms with Gasteiger partial charge in [0.05, 0.1) is 17.4 Å². The Morgan fingerprint density at radius 1 is 1.07 bits per heavy atom. The second-order valence-corrected chi connectivity index (χ2v) is 7.45. The number of aromatic nitrogens is 5. The number of nitrogens with one attached hydrogen (secondary N) is 1. The fourth-order valence-corrected chi connectivity index (χ4v) is 3.91. The highest BCUT2D eigenvalue weighted by Crippen LogP contribution is 2.27. The number of pyridine rings is 1. The van der Waals surface area contributed by atoms with E-state index in [0.29, 0.717) is 11.9 Å². The van der Waals surface area contributed by atoms with E-state index >= 15 is 0 Å². The van der Waals surface area contributed by atoms with Crippen LogP contribution in [-0.4, -0.2) is 43.9 Å². The van der Waals surface area contributed by atoms with Crippen molar-refractivity contribution in [3.8, 4) is 11.4 Å². The first-order chi connectivity index (χ1) is 14.3. The maximum atomic E-state index is 4.88. The van der Waals surface area contributed by atoms with Crippen molar-refractivity contribution in [3.05, 3.63) is 61.2 Å². The van der Waals surface area contributed by atoms with Crippen LogP contribution in [0.5, 0.6) is 0 Å². The molecule has 0 bridgehead atoms. The van der Waals surface area contributed by atoms with Gasteiger partial charge in [0.15, 0.2) is 5.82 Å². The molecule has 3 aromatic heterocycles. The van der Waals surface area contributed by atoms with Gasteiger partial charge in [0.2, 0.25) is 0 Å². The molecule has 0 amide bonds. The Balaban J connectivity index is 1.46. The van der Waals surface area contributed by atoms with E-state index in [4.69, 9.17) is 9.97 Å². The zero-order valence-corrected chi connectivity index (χ0v) is 16.4. The van der Waals surface area contributed by atoms with Crippen LogP contribution in [0.4, 0.5) is 11.5 Å². The van der Waals surface area contributed by atoms with Gasteiger partial charge in [-0.1, -0.05) is 12.1 Å². The van der Waals surface area contributed by atoms with Crippen molar-refractivity contribution in [1.82, 2.24) is 24.7 Å². The van der Waals surface area contributed by atoms with Crippen molar-refractivity contribution in [2.45, 2.75) is 18.9 Å². The minimum Gasteiger partial charge on any atom is -0.367 e. The van der Waals surface area contributed by atoms with Crippen LogP contribution in [0.2, 0.25) is 0 Å². The molecule has 0 radical (unpaired) electrons. The molecule has 1 aliphatic heterocycles.